The van der Waals surface area contributed by atoms with Crippen LogP contribution in [0.15, 0.2) is 30.6 Å². The molecule has 0 spiro atoms. The van der Waals surface area contributed by atoms with Gasteiger partial charge < -0.3 is 20.9 Å². The van der Waals surface area contributed by atoms with Crippen molar-refractivity contribution < 1.29 is 0 Å². The van der Waals surface area contributed by atoms with Crippen molar-refractivity contribution in [2.24, 2.45) is 0 Å². The number of piperidine rings is 1. The van der Waals surface area contributed by atoms with Crippen molar-refractivity contribution in [2.45, 2.75) is 25.4 Å². The first-order chi connectivity index (χ1) is 9.22. The molecule has 2 heterocycles. The molecule has 1 fully saturated rings. The molecule has 2 aliphatic heterocycles. The molecule has 1 saturated heterocycles. The third-order valence-electron chi connectivity index (χ3n) is 4.02. The number of anilines is 2. The lowest BCUT2D eigenvalue weighted by molar-refractivity contribution is 0.264. The van der Waals surface area contributed by atoms with E-state index < -0.39 is 0 Å². The maximum Gasteiger partial charge on any atom is 0.0959 e. The Bertz CT molecular complexity index is 475. The van der Waals surface area contributed by atoms with Crippen molar-refractivity contribution in [2.75, 3.05) is 30.8 Å². The van der Waals surface area contributed by atoms with Gasteiger partial charge in [-0.3, -0.25) is 0 Å². The molecule has 0 radical (unpaired) electrons. The molecule has 3 rings (SSSR count). The van der Waals surface area contributed by atoms with E-state index in [4.69, 9.17) is 0 Å². The molecule has 0 unspecified atom stereocenters. The second-order valence-electron chi connectivity index (χ2n) is 5.51. The largest absolute Gasteiger partial charge is 0.382 e. The van der Waals surface area contributed by atoms with Crippen LogP contribution in [0.3, 0.4) is 0 Å². The van der Waals surface area contributed by atoms with E-state index in [1.165, 1.54) is 42.9 Å². The van der Waals surface area contributed by atoms with Gasteiger partial charge in [-0.05, 0) is 45.1 Å². The van der Waals surface area contributed by atoms with Crippen LogP contribution >= 0.6 is 0 Å². The summed E-state index contributed by atoms with van der Waals surface area (Å²) in [6.45, 7) is 7.12. The molecule has 0 aliphatic carbocycles. The van der Waals surface area contributed by atoms with Gasteiger partial charge in [-0.2, -0.15) is 0 Å². The van der Waals surface area contributed by atoms with E-state index in [0.29, 0.717) is 6.04 Å². The van der Waals surface area contributed by atoms with Crippen LogP contribution in [0.4, 0.5) is 11.4 Å². The van der Waals surface area contributed by atoms with Crippen LogP contribution in [0.2, 0.25) is 0 Å². The zero-order valence-corrected chi connectivity index (χ0v) is 11.5. The SMILES string of the molecule is C=C1NCc2c(cccc2NC2CCN(C)CC2)N1. The predicted octanol–water partition coefficient (Wildman–Crippen LogP) is 2.18. The molecule has 2 aliphatic rings. The van der Waals surface area contributed by atoms with E-state index >= 15 is 0 Å². The first-order valence-corrected chi connectivity index (χ1v) is 6.99. The van der Waals surface area contributed by atoms with Gasteiger partial charge in [0.1, 0.15) is 0 Å². The van der Waals surface area contributed by atoms with Crippen LogP contribution in [0.25, 0.3) is 0 Å². The van der Waals surface area contributed by atoms with Gasteiger partial charge in [-0.25, -0.2) is 0 Å². The standard InChI is InChI=1S/C15H22N4/c1-11-16-10-13-14(17-11)4-3-5-15(13)18-12-6-8-19(2)9-7-12/h3-5,12,16-18H,1,6-10H2,2H3. The fourth-order valence-electron chi connectivity index (χ4n) is 2.80. The summed E-state index contributed by atoms with van der Waals surface area (Å²) in [6, 6.07) is 6.98. The Morgan fingerprint density at radius 1 is 1.32 bits per heavy atom. The highest BCUT2D eigenvalue weighted by Crippen LogP contribution is 2.29. The zero-order chi connectivity index (χ0) is 13.2. The van der Waals surface area contributed by atoms with Crippen molar-refractivity contribution in [3.05, 3.63) is 36.2 Å². The first-order valence-electron chi connectivity index (χ1n) is 6.99. The van der Waals surface area contributed by atoms with Crippen molar-refractivity contribution in [3.8, 4) is 0 Å². The summed E-state index contributed by atoms with van der Waals surface area (Å²) in [6.07, 6.45) is 2.43. The minimum Gasteiger partial charge on any atom is -0.382 e. The molecular formula is C15H22N4. The highest BCUT2D eigenvalue weighted by Gasteiger charge is 2.19. The lowest BCUT2D eigenvalue weighted by Gasteiger charge is -2.32. The number of rotatable bonds is 2. The van der Waals surface area contributed by atoms with Crippen molar-refractivity contribution in [1.82, 2.24) is 10.2 Å². The summed E-state index contributed by atoms with van der Waals surface area (Å²) >= 11 is 0. The van der Waals surface area contributed by atoms with Gasteiger partial charge in [-0.15, -0.1) is 0 Å². The zero-order valence-electron chi connectivity index (χ0n) is 11.5. The second kappa shape index (κ2) is 5.13. The van der Waals surface area contributed by atoms with Crippen LogP contribution in [-0.4, -0.2) is 31.1 Å². The minimum atomic E-state index is 0.591. The number of benzene rings is 1. The van der Waals surface area contributed by atoms with E-state index in [1.807, 2.05) is 0 Å². The van der Waals surface area contributed by atoms with Gasteiger partial charge in [0.05, 0.1) is 5.82 Å². The lowest BCUT2D eigenvalue weighted by Crippen LogP contribution is -2.37. The molecule has 4 heteroatoms. The maximum absolute atomic E-state index is 3.92. The molecule has 19 heavy (non-hydrogen) atoms. The Balaban J connectivity index is 1.74. The molecule has 0 saturated carbocycles. The fraction of sp³-hybridized carbons (Fsp3) is 0.467. The molecular weight excluding hydrogens is 236 g/mol. The molecule has 0 amide bonds. The normalized spacial score (nSPS) is 20.4. The summed E-state index contributed by atoms with van der Waals surface area (Å²) in [5.74, 6) is 0.879. The Morgan fingerprint density at radius 3 is 2.89 bits per heavy atom. The van der Waals surface area contributed by atoms with E-state index in [-0.39, 0.29) is 0 Å². The number of nitrogens with one attached hydrogen (secondary N) is 3. The van der Waals surface area contributed by atoms with Gasteiger partial charge in [0.25, 0.3) is 0 Å². The maximum atomic E-state index is 3.92. The molecule has 3 N–H and O–H groups in total. The van der Waals surface area contributed by atoms with Crippen molar-refractivity contribution in [3.63, 3.8) is 0 Å². The second-order valence-corrected chi connectivity index (χ2v) is 5.51. The number of hydrogen-bond acceptors (Lipinski definition) is 4. The Kier molecular flexibility index (Phi) is 3.34. The molecule has 102 valence electrons. The minimum absolute atomic E-state index is 0.591. The van der Waals surface area contributed by atoms with Gasteiger partial charge in [0.15, 0.2) is 0 Å². The van der Waals surface area contributed by atoms with E-state index in [1.54, 1.807) is 0 Å². The topological polar surface area (TPSA) is 39.3 Å². The van der Waals surface area contributed by atoms with Crippen LogP contribution in [0.1, 0.15) is 18.4 Å². The quantitative estimate of drug-likeness (QED) is 0.760. The summed E-state index contributed by atoms with van der Waals surface area (Å²) < 4.78 is 0. The monoisotopic (exact) mass is 258 g/mol. The van der Waals surface area contributed by atoms with Gasteiger partial charge in [0.2, 0.25) is 0 Å². The molecule has 4 nitrogen and oxygen atoms in total. The Morgan fingerprint density at radius 2 is 2.11 bits per heavy atom. The lowest BCUT2D eigenvalue weighted by atomic mass is 10.0. The summed E-state index contributed by atoms with van der Waals surface area (Å²) in [5.41, 5.74) is 3.73. The fourth-order valence-corrected chi connectivity index (χ4v) is 2.80. The summed E-state index contributed by atoms with van der Waals surface area (Å²) in [4.78, 5) is 2.39. The predicted molar refractivity (Wildman–Crippen MR) is 80.2 cm³/mol. The van der Waals surface area contributed by atoms with E-state index in [9.17, 15) is 0 Å². The third kappa shape index (κ3) is 2.68. The van der Waals surface area contributed by atoms with Crippen LogP contribution in [0.5, 0.6) is 0 Å². The molecule has 1 aromatic rings. The number of fused-ring (bicyclic) bond motifs is 1. The third-order valence-corrected chi connectivity index (χ3v) is 4.02. The van der Waals surface area contributed by atoms with Crippen molar-refractivity contribution >= 4 is 11.4 Å². The summed E-state index contributed by atoms with van der Waals surface area (Å²) in [7, 11) is 2.19. The van der Waals surface area contributed by atoms with Gasteiger partial charge in [-0.1, -0.05) is 12.6 Å². The highest BCUT2D eigenvalue weighted by molar-refractivity contribution is 5.68. The smallest absolute Gasteiger partial charge is 0.0959 e. The Labute approximate surface area is 114 Å². The van der Waals surface area contributed by atoms with Crippen molar-refractivity contribution in [1.29, 1.82) is 0 Å². The average Bonchev–Trinajstić information content (AvgIpc) is 2.41. The Hall–Kier alpha value is -1.68. The molecule has 0 aromatic heterocycles. The molecule has 0 atom stereocenters. The number of nitrogens with zero attached hydrogens (tertiary/aromatic N) is 1. The van der Waals surface area contributed by atoms with Gasteiger partial charge in [0, 0.05) is 29.5 Å². The molecule has 0 bridgehead atoms. The molecule has 1 aromatic carbocycles. The van der Waals surface area contributed by atoms with Crippen LogP contribution in [0, 0.1) is 0 Å². The first kappa shape index (κ1) is 12.4. The number of hydrogen-bond donors (Lipinski definition) is 3. The van der Waals surface area contributed by atoms with E-state index in [2.05, 4.69) is 52.7 Å². The van der Waals surface area contributed by atoms with Crippen LogP contribution < -0.4 is 16.0 Å². The van der Waals surface area contributed by atoms with Crippen LogP contribution in [-0.2, 0) is 6.54 Å². The number of likely N-dealkylation sites (tertiary alicyclic amines) is 1. The summed E-state index contributed by atoms with van der Waals surface area (Å²) in [5, 5.41) is 10.3. The van der Waals surface area contributed by atoms with Gasteiger partial charge >= 0.3 is 0 Å². The highest BCUT2D eigenvalue weighted by atomic mass is 15.1. The van der Waals surface area contributed by atoms with E-state index in [0.717, 1.165) is 12.4 Å². The average molecular weight is 258 g/mol.